The van der Waals surface area contributed by atoms with Gasteiger partial charge in [0.25, 0.3) is 0 Å². The van der Waals surface area contributed by atoms with Crippen molar-refractivity contribution in [3.63, 3.8) is 0 Å². The smallest absolute Gasteiger partial charge is 0.128 e. The summed E-state index contributed by atoms with van der Waals surface area (Å²) in [5, 5.41) is 6.72. The molecule has 0 saturated carbocycles. The number of nitrogens with one attached hydrogen (secondary N) is 2. The number of hydrogen-bond donors (Lipinski definition) is 2. The van der Waals surface area contributed by atoms with Crippen LogP contribution in [0.5, 0.6) is 0 Å². The van der Waals surface area contributed by atoms with Gasteiger partial charge in [0.1, 0.15) is 5.82 Å². The number of ether oxygens (including phenoxy) is 1. The number of anilines is 1. The summed E-state index contributed by atoms with van der Waals surface area (Å²) in [7, 11) is 0. The molecule has 4 heteroatoms. The molecule has 0 aromatic carbocycles. The van der Waals surface area contributed by atoms with Crippen LogP contribution >= 0.6 is 0 Å². The molecule has 1 aliphatic heterocycles. The van der Waals surface area contributed by atoms with Gasteiger partial charge < -0.3 is 15.4 Å². The third-order valence-corrected chi connectivity index (χ3v) is 2.52. The topological polar surface area (TPSA) is 46.2 Å². The first-order chi connectivity index (χ1) is 7.36. The minimum Gasteiger partial charge on any atom is -0.378 e. The van der Waals surface area contributed by atoms with Gasteiger partial charge in [-0.3, -0.25) is 0 Å². The molecule has 1 fully saturated rings. The van der Waals surface area contributed by atoms with E-state index in [9.17, 15) is 0 Å². The second-order valence-electron chi connectivity index (χ2n) is 3.78. The molecule has 1 aromatic rings. The number of morpholine rings is 1. The van der Waals surface area contributed by atoms with Gasteiger partial charge in [0.2, 0.25) is 0 Å². The number of aryl methyl sites for hydroxylation is 1. The van der Waals surface area contributed by atoms with Gasteiger partial charge in [-0.15, -0.1) is 0 Å². The fourth-order valence-electron chi connectivity index (χ4n) is 1.64. The van der Waals surface area contributed by atoms with Gasteiger partial charge in [-0.05, 0) is 18.6 Å². The van der Waals surface area contributed by atoms with E-state index in [4.69, 9.17) is 4.74 Å². The Morgan fingerprint density at radius 2 is 2.60 bits per heavy atom. The van der Waals surface area contributed by atoms with Crippen LogP contribution in [-0.2, 0) is 4.74 Å². The molecular formula is C11H17N3O. The van der Waals surface area contributed by atoms with Gasteiger partial charge in [0.05, 0.1) is 13.2 Å². The Morgan fingerprint density at radius 1 is 1.67 bits per heavy atom. The molecule has 1 aliphatic rings. The van der Waals surface area contributed by atoms with E-state index in [0.717, 1.165) is 32.1 Å². The SMILES string of the molecule is Cc1cccnc1NCC1COCCN1. The van der Waals surface area contributed by atoms with Crippen molar-refractivity contribution in [2.75, 3.05) is 31.6 Å². The molecule has 15 heavy (non-hydrogen) atoms. The molecule has 1 aromatic heterocycles. The Labute approximate surface area is 90.0 Å². The summed E-state index contributed by atoms with van der Waals surface area (Å²) in [5.41, 5.74) is 1.18. The van der Waals surface area contributed by atoms with Gasteiger partial charge in [-0.25, -0.2) is 4.98 Å². The van der Waals surface area contributed by atoms with Crippen LogP contribution in [-0.4, -0.2) is 37.3 Å². The lowest BCUT2D eigenvalue weighted by Crippen LogP contribution is -2.45. The van der Waals surface area contributed by atoms with Gasteiger partial charge in [0.15, 0.2) is 0 Å². The Kier molecular flexibility index (Phi) is 3.53. The molecule has 2 heterocycles. The van der Waals surface area contributed by atoms with Gasteiger partial charge in [-0.1, -0.05) is 6.07 Å². The maximum absolute atomic E-state index is 5.38. The van der Waals surface area contributed by atoms with Crippen molar-refractivity contribution in [3.05, 3.63) is 23.9 Å². The zero-order chi connectivity index (χ0) is 10.5. The quantitative estimate of drug-likeness (QED) is 0.769. The average Bonchev–Trinajstić information content (AvgIpc) is 2.29. The normalized spacial score (nSPS) is 21.3. The molecule has 1 atom stereocenters. The third-order valence-electron chi connectivity index (χ3n) is 2.52. The van der Waals surface area contributed by atoms with E-state index in [1.54, 1.807) is 6.20 Å². The minimum atomic E-state index is 0.389. The summed E-state index contributed by atoms with van der Waals surface area (Å²) in [4.78, 5) is 4.28. The maximum atomic E-state index is 5.38. The zero-order valence-electron chi connectivity index (χ0n) is 8.99. The summed E-state index contributed by atoms with van der Waals surface area (Å²) in [5.74, 6) is 0.963. The highest BCUT2D eigenvalue weighted by Crippen LogP contribution is 2.09. The average molecular weight is 207 g/mol. The monoisotopic (exact) mass is 207 g/mol. The molecule has 4 nitrogen and oxygen atoms in total. The highest BCUT2D eigenvalue weighted by atomic mass is 16.5. The number of hydrogen-bond acceptors (Lipinski definition) is 4. The number of rotatable bonds is 3. The summed E-state index contributed by atoms with van der Waals surface area (Å²) >= 11 is 0. The first kappa shape index (κ1) is 10.4. The second kappa shape index (κ2) is 5.09. The van der Waals surface area contributed by atoms with E-state index in [1.165, 1.54) is 5.56 Å². The van der Waals surface area contributed by atoms with Crippen LogP contribution in [0.15, 0.2) is 18.3 Å². The zero-order valence-corrected chi connectivity index (χ0v) is 8.99. The van der Waals surface area contributed by atoms with E-state index < -0.39 is 0 Å². The molecule has 0 amide bonds. The lowest BCUT2D eigenvalue weighted by molar-refractivity contribution is 0.0806. The molecule has 0 spiro atoms. The predicted octanol–water partition coefficient (Wildman–Crippen LogP) is 0.790. The lowest BCUT2D eigenvalue weighted by atomic mass is 10.2. The first-order valence-corrected chi connectivity index (χ1v) is 5.33. The number of nitrogens with zero attached hydrogens (tertiary/aromatic N) is 1. The predicted molar refractivity (Wildman–Crippen MR) is 60.1 cm³/mol. The fourth-order valence-corrected chi connectivity index (χ4v) is 1.64. The standard InChI is InChI=1S/C11H17N3O/c1-9-3-2-4-13-11(9)14-7-10-8-15-6-5-12-10/h2-4,10,12H,5-8H2,1H3,(H,13,14). The van der Waals surface area contributed by atoms with Crippen molar-refractivity contribution in [3.8, 4) is 0 Å². The van der Waals surface area contributed by atoms with E-state index in [0.29, 0.717) is 6.04 Å². The Balaban J connectivity index is 1.84. The molecule has 2 N–H and O–H groups in total. The summed E-state index contributed by atoms with van der Waals surface area (Å²) < 4.78 is 5.38. The molecule has 0 radical (unpaired) electrons. The van der Waals surface area contributed by atoms with E-state index in [2.05, 4.69) is 28.6 Å². The largest absolute Gasteiger partial charge is 0.378 e. The fraction of sp³-hybridized carbons (Fsp3) is 0.545. The number of aromatic nitrogens is 1. The maximum Gasteiger partial charge on any atom is 0.128 e. The van der Waals surface area contributed by atoms with Crippen LogP contribution in [0, 0.1) is 6.92 Å². The van der Waals surface area contributed by atoms with Crippen molar-refractivity contribution < 1.29 is 4.74 Å². The van der Waals surface area contributed by atoms with Crippen LogP contribution in [0.3, 0.4) is 0 Å². The molecule has 1 unspecified atom stereocenters. The van der Waals surface area contributed by atoms with Crippen molar-refractivity contribution in [1.29, 1.82) is 0 Å². The van der Waals surface area contributed by atoms with E-state index >= 15 is 0 Å². The molecule has 1 saturated heterocycles. The molecule has 2 rings (SSSR count). The Hall–Kier alpha value is -1.13. The minimum absolute atomic E-state index is 0.389. The first-order valence-electron chi connectivity index (χ1n) is 5.33. The second-order valence-corrected chi connectivity index (χ2v) is 3.78. The summed E-state index contributed by atoms with van der Waals surface area (Å²) in [6, 6.07) is 4.39. The summed E-state index contributed by atoms with van der Waals surface area (Å²) in [6.45, 7) is 5.45. The van der Waals surface area contributed by atoms with Crippen molar-refractivity contribution in [2.45, 2.75) is 13.0 Å². The molecular weight excluding hydrogens is 190 g/mol. The van der Waals surface area contributed by atoms with Gasteiger partial charge >= 0.3 is 0 Å². The van der Waals surface area contributed by atoms with Crippen LogP contribution in [0.1, 0.15) is 5.56 Å². The van der Waals surface area contributed by atoms with Gasteiger partial charge in [-0.2, -0.15) is 0 Å². The van der Waals surface area contributed by atoms with Gasteiger partial charge in [0, 0.05) is 25.3 Å². The van der Waals surface area contributed by atoms with Crippen LogP contribution < -0.4 is 10.6 Å². The molecule has 82 valence electrons. The molecule has 0 bridgehead atoms. The van der Waals surface area contributed by atoms with Crippen LogP contribution in [0.4, 0.5) is 5.82 Å². The van der Waals surface area contributed by atoms with Crippen molar-refractivity contribution in [1.82, 2.24) is 10.3 Å². The number of pyridine rings is 1. The Bertz CT molecular complexity index is 310. The summed E-state index contributed by atoms with van der Waals surface area (Å²) in [6.07, 6.45) is 1.81. The highest BCUT2D eigenvalue weighted by molar-refractivity contribution is 5.42. The van der Waals surface area contributed by atoms with Crippen LogP contribution in [0.2, 0.25) is 0 Å². The highest BCUT2D eigenvalue weighted by Gasteiger charge is 2.12. The van der Waals surface area contributed by atoms with E-state index in [1.807, 2.05) is 6.07 Å². The Morgan fingerprint density at radius 3 is 3.33 bits per heavy atom. The van der Waals surface area contributed by atoms with E-state index in [-0.39, 0.29) is 0 Å². The lowest BCUT2D eigenvalue weighted by Gasteiger charge is -2.24. The van der Waals surface area contributed by atoms with Crippen molar-refractivity contribution >= 4 is 5.82 Å². The molecule has 0 aliphatic carbocycles. The van der Waals surface area contributed by atoms with Crippen molar-refractivity contribution in [2.24, 2.45) is 0 Å². The third kappa shape index (κ3) is 2.91. The van der Waals surface area contributed by atoms with Crippen LogP contribution in [0.25, 0.3) is 0 Å².